The van der Waals surface area contributed by atoms with Gasteiger partial charge in [0.1, 0.15) is 6.04 Å². The molecule has 1 unspecified atom stereocenters. The zero-order valence-corrected chi connectivity index (χ0v) is 17.6. The molecule has 1 heterocycles. The molecule has 1 atom stereocenters. The number of nitrogens with zero attached hydrogens (tertiary/aromatic N) is 2. The number of amides is 1. The van der Waals surface area contributed by atoms with E-state index in [-0.39, 0.29) is 30.1 Å². The molecule has 30 heavy (non-hydrogen) atoms. The van der Waals surface area contributed by atoms with Gasteiger partial charge in [-0.25, -0.2) is 5.01 Å². The molecule has 4 aliphatic carbocycles. The Kier molecular flexibility index (Phi) is 5.11. The van der Waals surface area contributed by atoms with Gasteiger partial charge in [-0.3, -0.25) is 9.80 Å². The minimum atomic E-state index is -4.38. The van der Waals surface area contributed by atoms with Crippen LogP contribution in [0.4, 0.5) is 13.2 Å². The number of hydrogen-bond acceptors (Lipinski definition) is 2. The van der Waals surface area contributed by atoms with Crippen molar-refractivity contribution in [2.24, 2.45) is 23.7 Å². The molecule has 0 aromatic heterocycles. The van der Waals surface area contributed by atoms with Gasteiger partial charge in [-0.1, -0.05) is 38.0 Å². The average molecular weight is 421 g/mol. The smallest absolute Gasteiger partial charge is 0.272 e. The molecule has 5 fully saturated rings. The van der Waals surface area contributed by atoms with Crippen LogP contribution in [0.15, 0.2) is 24.3 Å². The molecule has 1 aromatic carbocycles. The topological polar surface area (TPSA) is 23.6 Å². The Morgan fingerprint density at radius 3 is 2.23 bits per heavy atom. The summed E-state index contributed by atoms with van der Waals surface area (Å²) in [6, 6.07) is 5.76. The molecule has 1 aliphatic heterocycles. The van der Waals surface area contributed by atoms with Crippen LogP contribution in [0.2, 0.25) is 0 Å². The second-order valence-electron chi connectivity index (χ2n) is 10.0. The van der Waals surface area contributed by atoms with E-state index in [1.807, 2.05) is 10.0 Å². The van der Waals surface area contributed by atoms with Crippen LogP contribution in [0.5, 0.6) is 0 Å². The van der Waals surface area contributed by atoms with Crippen molar-refractivity contribution in [3.63, 3.8) is 0 Å². The monoisotopic (exact) mass is 420 g/mol. The highest BCUT2D eigenvalue weighted by atomic mass is 19.4. The van der Waals surface area contributed by atoms with Gasteiger partial charge in [0, 0.05) is 6.54 Å². The predicted molar refractivity (Wildman–Crippen MR) is 108 cm³/mol. The van der Waals surface area contributed by atoms with Gasteiger partial charge in [0.2, 0.25) is 0 Å². The fraction of sp³-hybridized carbons (Fsp3) is 0.708. The molecule has 164 valence electrons. The molecule has 0 N–H and O–H groups in total. The van der Waals surface area contributed by atoms with E-state index in [4.69, 9.17) is 0 Å². The number of alkyl halides is 3. The van der Waals surface area contributed by atoms with E-state index in [9.17, 15) is 18.0 Å². The molecule has 5 aliphatic rings. The molecular formula is C24H31F3N2O. The molecule has 1 saturated heterocycles. The maximum atomic E-state index is 13.6. The van der Waals surface area contributed by atoms with E-state index < -0.39 is 11.7 Å². The Balaban J connectivity index is 1.43. The van der Waals surface area contributed by atoms with Gasteiger partial charge in [0.25, 0.3) is 5.91 Å². The first kappa shape index (κ1) is 20.3. The highest BCUT2D eigenvalue weighted by molar-refractivity contribution is 5.86. The molecule has 3 nitrogen and oxygen atoms in total. The fourth-order valence-corrected chi connectivity index (χ4v) is 7.08. The van der Waals surface area contributed by atoms with Crippen LogP contribution in [0, 0.1) is 23.7 Å². The highest BCUT2D eigenvalue weighted by Gasteiger charge is 2.57. The second kappa shape index (κ2) is 7.54. The van der Waals surface area contributed by atoms with Crippen LogP contribution in [-0.2, 0) is 17.5 Å². The highest BCUT2D eigenvalue weighted by Crippen LogP contribution is 2.56. The van der Waals surface area contributed by atoms with Gasteiger partial charge in [0.15, 0.2) is 0 Å². The van der Waals surface area contributed by atoms with Gasteiger partial charge >= 0.3 is 6.18 Å². The molecule has 6 heteroatoms. The standard InChI is InChI=1S/C24H31F3N2O/c1-2-3-8-21-23(30)29(22-18-10-15-9-16(12-18)13-19(22)11-15)28(21)14-17-6-4-5-7-20(17)24(25,26)27/h4-7,15-16,18-19,21-22H,2-3,8-14H2,1H3. The fourth-order valence-electron chi connectivity index (χ4n) is 7.08. The van der Waals surface area contributed by atoms with Crippen molar-refractivity contribution in [2.45, 2.75) is 83.1 Å². The van der Waals surface area contributed by atoms with E-state index in [2.05, 4.69) is 6.92 Å². The van der Waals surface area contributed by atoms with Crippen molar-refractivity contribution in [2.75, 3.05) is 0 Å². The minimum absolute atomic E-state index is 0.144. The Hall–Kier alpha value is -1.56. The lowest BCUT2D eigenvalue weighted by molar-refractivity contribution is -0.233. The van der Waals surface area contributed by atoms with Gasteiger partial charge in [-0.05, 0) is 73.8 Å². The first-order chi connectivity index (χ1) is 14.4. The average Bonchev–Trinajstić information content (AvgIpc) is 2.69. The van der Waals surface area contributed by atoms with Crippen LogP contribution >= 0.6 is 0 Å². The van der Waals surface area contributed by atoms with Crippen molar-refractivity contribution in [1.29, 1.82) is 0 Å². The van der Waals surface area contributed by atoms with E-state index in [1.54, 1.807) is 12.1 Å². The van der Waals surface area contributed by atoms with Gasteiger partial charge < -0.3 is 0 Å². The van der Waals surface area contributed by atoms with Crippen LogP contribution in [-0.4, -0.2) is 28.0 Å². The van der Waals surface area contributed by atoms with Crippen molar-refractivity contribution in [3.05, 3.63) is 35.4 Å². The quantitative estimate of drug-likeness (QED) is 0.594. The summed E-state index contributed by atoms with van der Waals surface area (Å²) in [4.78, 5) is 13.2. The lowest BCUT2D eigenvalue weighted by Gasteiger charge is -2.63. The molecule has 4 bridgehead atoms. The lowest BCUT2D eigenvalue weighted by Crippen LogP contribution is -2.74. The molecule has 0 radical (unpaired) electrons. The largest absolute Gasteiger partial charge is 0.416 e. The third-order valence-electron chi connectivity index (χ3n) is 8.09. The Morgan fingerprint density at radius 1 is 1.00 bits per heavy atom. The molecule has 6 rings (SSSR count). The normalized spacial score (nSPS) is 35.7. The maximum Gasteiger partial charge on any atom is 0.416 e. The Morgan fingerprint density at radius 2 is 1.63 bits per heavy atom. The summed E-state index contributed by atoms with van der Waals surface area (Å²) >= 11 is 0. The van der Waals surface area contributed by atoms with E-state index in [0.717, 1.165) is 37.2 Å². The zero-order chi connectivity index (χ0) is 21.0. The van der Waals surface area contributed by atoms with Gasteiger partial charge in [-0.15, -0.1) is 0 Å². The van der Waals surface area contributed by atoms with E-state index in [0.29, 0.717) is 11.8 Å². The van der Waals surface area contributed by atoms with E-state index in [1.165, 1.54) is 38.2 Å². The number of unbranched alkanes of at least 4 members (excludes halogenated alkanes) is 1. The minimum Gasteiger partial charge on any atom is -0.272 e. The lowest BCUT2D eigenvalue weighted by atomic mass is 9.54. The Bertz CT molecular complexity index is 780. The summed E-state index contributed by atoms with van der Waals surface area (Å²) in [6.07, 6.45) is 4.35. The second-order valence-corrected chi connectivity index (χ2v) is 10.0. The number of carbonyl (C=O) groups excluding carboxylic acids is 1. The van der Waals surface area contributed by atoms with Crippen molar-refractivity contribution in [1.82, 2.24) is 10.0 Å². The molecular weight excluding hydrogens is 389 g/mol. The third kappa shape index (κ3) is 3.35. The van der Waals surface area contributed by atoms with Gasteiger partial charge in [-0.2, -0.15) is 13.2 Å². The molecule has 0 spiro atoms. The maximum absolute atomic E-state index is 13.6. The summed E-state index contributed by atoms with van der Waals surface area (Å²) < 4.78 is 40.8. The molecule has 1 amide bonds. The number of hydrazine groups is 1. The SMILES string of the molecule is CCCCC1C(=O)N(C2C3CC4CC(C3)CC2C4)N1Cc1ccccc1C(F)(F)F. The van der Waals surface area contributed by atoms with Crippen molar-refractivity contribution in [3.8, 4) is 0 Å². The zero-order valence-electron chi connectivity index (χ0n) is 17.6. The van der Waals surface area contributed by atoms with Crippen molar-refractivity contribution < 1.29 is 18.0 Å². The first-order valence-electron chi connectivity index (χ1n) is 11.6. The molecule has 1 aromatic rings. The molecule has 4 saturated carbocycles. The summed E-state index contributed by atoms with van der Waals surface area (Å²) in [7, 11) is 0. The van der Waals surface area contributed by atoms with E-state index >= 15 is 0 Å². The number of halogens is 3. The van der Waals surface area contributed by atoms with Crippen LogP contribution in [0.1, 0.15) is 69.4 Å². The first-order valence-corrected chi connectivity index (χ1v) is 11.6. The summed E-state index contributed by atoms with van der Waals surface area (Å²) in [5.41, 5.74) is -0.309. The predicted octanol–water partition coefficient (Wildman–Crippen LogP) is 5.65. The summed E-state index contributed by atoms with van der Waals surface area (Å²) in [5.74, 6) is 2.80. The van der Waals surface area contributed by atoms with Gasteiger partial charge in [0.05, 0.1) is 11.6 Å². The number of benzene rings is 1. The van der Waals surface area contributed by atoms with Crippen molar-refractivity contribution >= 4 is 5.91 Å². The number of carbonyl (C=O) groups is 1. The number of hydrogen-bond donors (Lipinski definition) is 0. The summed E-state index contributed by atoms with van der Waals surface area (Å²) in [6.45, 7) is 2.25. The number of rotatable bonds is 6. The van der Waals surface area contributed by atoms with Crippen LogP contribution in [0.25, 0.3) is 0 Å². The third-order valence-corrected chi connectivity index (χ3v) is 8.09. The Labute approximate surface area is 176 Å². The van der Waals surface area contributed by atoms with Crippen LogP contribution < -0.4 is 0 Å². The summed E-state index contributed by atoms with van der Waals surface area (Å²) in [5, 5.41) is 3.91. The van der Waals surface area contributed by atoms with Crippen LogP contribution in [0.3, 0.4) is 0 Å².